The third kappa shape index (κ3) is 4.76. The number of piperazine rings is 1. The Labute approximate surface area is 213 Å². The third-order valence-electron chi connectivity index (χ3n) is 7.57. The Balaban J connectivity index is 1.52. The van der Waals surface area contributed by atoms with Gasteiger partial charge in [-0.1, -0.05) is 30.3 Å². The van der Waals surface area contributed by atoms with Gasteiger partial charge in [-0.05, 0) is 96.5 Å². The summed E-state index contributed by atoms with van der Waals surface area (Å²) in [5.41, 5.74) is 8.81. The number of methoxy groups -OCH3 is 1. The van der Waals surface area contributed by atoms with Crippen LogP contribution in [-0.2, 0) is 6.42 Å². The zero-order chi connectivity index (χ0) is 25.2. The van der Waals surface area contributed by atoms with Gasteiger partial charge in [-0.25, -0.2) is 4.79 Å². The highest BCUT2D eigenvalue weighted by Crippen LogP contribution is 2.42. The molecule has 0 spiro atoms. The Hall–Kier alpha value is -3.57. The number of carbonyl (C=O) groups is 1. The number of carboxylic acids is 1. The van der Waals surface area contributed by atoms with Crippen molar-refractivity contribution in [2.75, 3.05) is 38.2 Å². The van der Waals surface area contributed by atoms with Crippen molar-refractivity contribution in [3.63, 3.8) is 0 Å². The quantitative estimate of drug-likeness (QED) is 0.479. The molecule has 5 nitrogen and oxygen atoms in total. The van der Waals surface area contributed by atoms with E-state index in [9.17, 15) is 9.90 Å². The fourth-order valence-electron chi connectivity index (χ4n) is 5.46. The van der Waals surface area contributed by atoms with E-state index in [4.69, 9.17) is 4.74 Å². The molecule has 1 fully saturated rings. The van der Waals surface area contributed by atoms with E-state index in [-0.39, 0.29) is 0 Å². The lowest BCUT2D eigenvalue weighted by atomic mass is 9.79. The van der Waals surface area contributed by atoms with E-state index in [0.717, 1.165) is 50.3 Å². The van der Waals surface area contributed by atoms with Crippen LogP contribution in [0.15, 0.2) is 66.7 Å². The molecule has 1 heterocycles. The highest BCUT2D eigenvalue weighted by atomic mass is 16.5. The van der Waals surface area contributed by atoms with Gasteiger partial charge in [0, 0.05) is 37.9 Å². The Morgan fingerprint density at radius 2 is 1.53 bits per heavy atom. The molecule has 5 rings (SSSR count). The zero-order valence-corrected chi connectivity index (χ0v) is 21.3. The van der Waals surface area contributed by atoms with E-state index in [1.165, 1.54) is 33.5 Å². The first-order chi connectivity index (χ1) is 17.4. The summed E-state index contributed by atoms with van der Waals surface area (Å²) in [6, 6.07) is 23.2. The molecular weight excluding hydrogens is 448 g/mol. The van der Waals surface area contributed by atoms with Gasteiger partial charge in [0.2, 0.25) is 0 Å². The van der Waals surface area contributed by atoms with Gasteiger partial charge in [-0.3, -0.25) is 4.90 Å². The molecule has 1 aliphatic heterocycles. The molecule has 0 unspecified atom stereocenters. The molecular formula is C31H34N2O3. The number of aromatic carboxylic acids is 1. The minimum Gasteiger partial charge on any atom is -0.497 e. The number of anilines is 1. The number of rotatable bonds is 6. The minimum absolute atomic E-state index is 0.309. The van der Waals surface area contributed by atoms with Crippen molar-refractivity contribution < 1.29 is 14.6 Å². The maximum Gasteiger partial charge on any atom is 0.335 e. The van der Waals surface area contributed by atoms with Gasteiger partial charge in [0.25, 0.3) is 0 Å². The van der Waals surface area contributed by atoms with Crippen LogP contribution in [0.3, 0.4) is 0 Å². The molecule has 0 radical (unpaired) electrons. The molecule has 1 saturated heterocycles. The van der Waals surface area contributed by atoms with Crippen LogP contribution in [0.5, 0.6) is 5.75 Å². The van der Waals surface area contributed by atoms with Gasteiger partial charge in [0.1, 0.15) is 5.75 Å². The number of hydrogen-bond acceptors (Lipinski definition) is 4. The topological polar surface area (TPSA) is 53.0 Å². The predicted octanol–water partition coefficient (Wildman–Crippen LogP) is 5.83. The lowest BCUT2D eigenvalue weighted by molar-refractivity contribution is 0.0697. The molecule has 0 bridgehead atoms. The molecule has 0 atom stereocenters. The van der Waals surface area contributed by atoms with E-state index in [1.54, 1.807) is 19.2 Å². The van der Waals surface area contributed by atoms with Crippen molar-refractivity contribution in [3.8, 4) is 5.75 Å². The molecule has 0 saturated carbocycles. The first kappa shape index (κ1) is 24.1. The SMILES string of the molecule is COc1ccc2c(c1)CCC(c1ccc(C(=O)O)cc1)=C2c1ccc(N2CCN(C(C)C)CC2)cc1. The fraction of sp³-hybridized carbons (Fsp3) is 0.323. The normalized spacial score (nSPS) is 16.3. The number of benzene rings is 3. The minimum atomic E-state index is -0.901. The second-order valence-electron chi connectivity index (χ2n) is 9.92. The van der Waals surface area contributed by atoms with Crippen LogP contribution in [-0.4, -0.2) is 55.3 Å². The standard InChI is InChI=1S/C31H34N2O3/c1-21(2)32-16-18-33(19-17-32)26-11-8-23(9-12-26)30-28(22-4-6-24(7-5-22)31(34)35)14-10-25-20-27(36-3)13-15-29(25)30/h4-9,11-13,15,20-21H,10,14,16-19H2,1-3H3,(H,34,35). The number of allylic oxidation sites excluding steroid dienone is 1. The maximum atomic E-state index is 11.4. The molecule has 2 aliphatic rings. The van der Waals surface area contributed by atoms with E-state index >= 15 is 0 Å². The van der Waals surface area contributed by atoms with E-state index in [0.29, 0.717) is 11.6 Å². The summed E-state index contributed by atoms with van der Waals surface area (Å²) < 4.78 is 5.49. The van der Waals surface area contributed by atoms with E-state index in [1.807, 2.05) is 18.2 Å². The summed E-state index contributed by atoms with van der Waals surface area (Å²) in [6.45, 7) is 8.81. The lowest BCUT2D eigenvalue weighted by Crippen LogP contribution is -2.48. The number of hydrogen-bond donors (Lipinski definition) is 1. The predicted molar refractivity (Wildman–Crippen MR) is 146 cm³/mol. The Morgan fingerprint density at radius 3 is 2.14 bits per heavy atom. The van der Waals surface area contributed by atoms with Crippen LogP contribution in [0.25, 0.3) is 11.1 Å². The fourth-order valence-corrected chi connectivity index (χ4v) is 5.46. The summed E-state index contributed by atoms with van der Waals surface area (Å²) in [5, 5.41) is 9.34. The molecule has 36 heavy (non-hydrogen) atoms. The molecule has 186 valence electrons. The largest absolute Gasteiger partial charge is 0.497 e. The van der Waals surface area contributed by atoms with Crippen LogP contribution in [0.2, 0.25) is 0 Å². The van der Waals surface area contributed by atoms with E-state index in [2.05, 4.69) is 60.0 Å². The zero-order valence-electron chi connectivity index (χ0n) is 21.3. The monoisotopic (exact) mass is 482 g/mol. The van der Waals surface area contributed by atoms with Crippen LogP contribution in [0.4, 0.5) is 5.69 Å². The Bertz CT molecular complexity index is 1270. The van der Waals surface area contributed by atoms with Gasteiger partial charge in [-0.15, -0.1) is 0 Å². The average molecular weight is 483 g/mol. The Morgan fingerprint density at radius 1 is 0.861 bits per heavy atom. The van der Waals surface area contributed by atoms with Crippen molar-refractivity contribution in [2.45, 2.75) is 32.7 Å². The van der Waals surface area contributed by atoms with Gasteiger partial charge in [0.15, 0.2) is 0 Å². The van der Waals surface area contributed by atoms with Gasteiger partial charge in [0.05, 0.1) is 12.7 Å². The van der Waals surface area contributed by atoms with Crippen molar-refractivity contribution in [1.82, 2.24) is 4.90 Å². The maximum absolute atomic E-state index is 11.4. The molecule has 0 aromatic heterocycles. The van der Waals surface area contributed by atoms with Crippen molar-refractivity contribution in [2.24, 2.45) is 0 Å². The first-order valence-corrected chi connectivity index (χ1v) is 12.8. The lowest BCUT2D eigenvalue weighted by Gasteiger charge is -2.38. The molecule has 3 aromatic rings. The van der Waals surface area contributed by atoms with Crippen LogP contribution < -0.4 is 9.64 Å². The number of nitrogens with zero attached hydrogens (tertiary/aromatic N) is 2. The first-order valence-electron chi connectivity index (χ1n) is 12.8. The molecule has 1 N–H and O–H groups in total. The van der Waals surface area contributed by atoms with Crippen molar-refractivity contribution >= 4 is 22.8 Å². The van der Waals surface area contributed by atoms with Crippen LogP contribution in [0, 0.1) is 0 Å². The highest BCUT2D eigenvalue weighted by molar-refractivity contribution is 6.01. The second kappa shape index (κ2) is 10.2. The van der Waals surface area contributed by atoms with Gasteiger partial charge < -0.3 is 14.7 Å². The van der Waals surface area contributed by atoms with Crippen LogP contribution >= 0.6 is 0 Å². The number of carboxylic acid groups (broad SMARTS) is 1. The van der Waals surface area contributed by atoms with Gasteiger partial charge >= 0.3 is 5.97 Å². The highest BCUT2D eigenvalue weighted by Gasteiger charge is 2.23. The molecule has 1 aliphatic carbocycles. The number of aryl methyl sites for hydroxylation is 1. The summed E-state index contributed by atoms with van der Waals surface area (Å²) in [6.07, 6.45) is 1.81. The molecule has 5 heteroatoms. The molecule has 0 amide bonds. The number of ether oxygens (including phenoxy) is 1. The van der Waals surface area contributed by atoms with Crippen molar-refractivity contribution in [3.05, 3.63) is 94.5 Å². The smallest absolute Gasteiger partial charge is 0.335 e. The average Bonchev–Trinajstić information content (AvgIpc) is 2.92. The summed E-state index contributed by atoms with van der Waals surface area (Å²) in [7, 11) is 1.70. The van der Waals surface area contributed by atoms with Gasteiger partial charge in [-0.2, -0.15) is 0 Å². The second-order valence-corrected chi connectivity index (χ2v) is 9.92. The number of fused-ring (bicyclic) bond motifs is 1. The summed E-state index contributed by atoms with van der Waals surface area (Å²) >= 11 is 0. The van der Waals surface area contributed by atoms with E-state index < -0.39 is 5.97 Å². The summed E-state index contributed by atoms with van der Waals surface area (Å²) in [4.78, 5) is 16.4. The van der Waals surface area contributed by atoms with Crippen LogP contribution in [0.1, 0.15) is 52.9 Å². The summed E-state index contributed by atoms with van der Waals surface area (Å²) in [5.74, 6) is -0.0279. The Kier molecular flexibility index (Phi) is 6.84. The molecule has 3 aromatic carbocycles. The third-order valence-corrected chi connectivity index (χ3v) is 7.57. The van der Waals surface area contributed by atoms with Crippen molar-refractivity contribution in [1.29, 1.82) is 0 Å².